The highest BCUT2D eigenvalue weighted by molar-refractivity contribution is 8.26. The maximum absolute atomic E-state index is 13.0. The summed E-state index contributed by atoms with van der Waals surface area (Å²) >= 11 is 18.3. The van der Waals surface area contributed by atoms with Crippen LogP contribution in [-0.2, 0) is 11.4 Å². The van der Waals surface area contributed by atoms with Gasteiger partial charge in [0.25, 0.3) is 5.91 Å². The van der Waals surface area contributed by atoms with Gasteiger partial charge in [0, 0.05) is 5.69 Å². The molecule has 0 aliphatic carbocycles. The lowest BCUT2D eigenvalue weighted by Crippen LogP contribution is -2.46. The zero-order valence-electron chi connectivity index (χ0n) is 21.6. The van der Waals surface area contributed by atoms with E-state index in [0.29, 0.717) is 45.9 Å². The van der Waals surface area contributed by atoms with Crippen molar-refractivity contribution in [2.45, 2.75) is 13.5 Å². The van der Waals surface area contributed by atoms with Crippen LogP contribution in [0.5, 0.6) is 11.5 Å². The number of hydrogen-bond acceptors (Lipinski definition) is 6. The first-order valence-corrected chi connectivity index (χ1v) is 14.5. The number of ether oxygens (including phenoxy) is 2. The lowest BCUT2D eigenvalue weighted by molar-refractivity contribution is -0.123. The Bertz CT molecular complexity index is 1700. The number of urea groups is 1. The zero-order valence-corrected chi connectivity index (χ0v) is 24.8. The molecule has 0 spiro atoms. The van der Waals surface area contributed by atoms with E-state index in [1.54, 1.807) is 24.3 Å². The quantitative estimate of drug-likeness (QED) is 0.153. The molecule has 0 saturated carbocycles. The van der Waals surface area contributed by atoms with E-state index >= 15 is 0 Å². The Hall–Kier alpha value is -3.76. The van der Waals surface area contributed by atoms with Crippen LogP contribution in [0, 0.1) is 0 Å². The number of fused-ring (bicyclic) bond motifs is 1. The van der Waals surface area contributed by atoms with Crippen molar-refractivity contribution in [3.8, 4) is 11.5 Å². The molecule has 1 saturated heterocycles. The maximum Gasteiger partial charge on any atom is 0.338 e. The highest BCUT2D eigenvalue weighted by atomic mass is 35.5. The number of thiocarbonyl (C=S) groups is 1. The number of rotatable bonds is 8. The van der Waals surface area contributed by atoms with Gasteiger partial charge in [-0.15, -0.1) is 0 Å². The Morgan fingerprint density at radius 2 is 1.76 bits per heavy atom. The second-order valence-electron chi connectivity index (χ2n) is 8.82. The topological polar surface area (TPSA) is 79.9 Å². The molecule has 0 unspecified atom stereocenters. The third-order valence-electron chi connectivity index (χ3n) is 5.96. The van der Waals surface area contributed by atoms with Crippen molar-refractivity contribution in [2.75, 3.05) is 11.9 Å². The van der Waals surface area contributed by atoms with E-state index < -0.39 is 11.9 Å². The molecule has 208 valence electrons. The third kappa shape index (κ3) is 6.94. The Balaban J connectivity index is 1.26. The summed E-state index contributed by atoms with van der Waals surface area (Å²) < 4.78 is 12.1. The number of thioether (sulfide) groups is 1. The zero-order chi connectivity index (χ0) is 28.9. The van der Waals surface area contributed by atoms with E-state index in [-0.39, 0.29) is 9.34 Å². The van der Waals surface area contributed by atoms with Crippen molar-refractivity contribution in [3.05, 3.63) is 105 Å². The van der Waals surface area contributed by atoms with Crippen molar-refractivity contribution in [1.82, 2.24) is 10.4 Å². The molecule has 0 bridgehead atoms. The Morgan fingerprint density at radius 3 is 2.54 bits per heavy atom. The molecular weight excluding hydrogens is 601 g/mol. The first-order chi connectivity index (χ1) is 19.8. The number of benzene rings is 4. The molecule has 1 aliphatic rings. The second-order valence-corrected chi connectivity index (χ2v) is 11.3. The largest absolute Gasteiger partial charge is 0.490 e. The van der Waals surface area contributed by atoms with Crippen LogP contribution >= 0.6 is 47.2 Å². The monoisotopic (exact) mass is 623 g/mol. The lowest BCUT2D eigenvalue weighted by Gasteiger charge is -2.16. The highest BCUT2D eigenvalue weighted by Crippen LogP contribution is 2.35. The number of nitrogens with zero attached hydrogens (tertiary/aromatic N) is 1. The average Bonchev–Trinajstić information content (AvgIpc) is 3.21. The number of anilines is 1. The van der Waals surface area contributed by atoms with Crippen molar-refractivity contribution >= 4 is 86.0 Å². The van der Waals surface area contributed by atoms with Crippen LogP contribution < -0.4 is 20.2 Å². The molecule has 7 nitrogen and oxygen atoms in total. The summed E-state index contributed by atoms with van der Waals surface area (Å²) in [6.45, 7) is 2.70. The predicted octanol–water partition coefficient (Wildman–Crippen LogP) is 8.06. The van der Waals surface area contributed by atoms with E-state index in [0.717, 1.165) is 27.7 Å². The van der Waals surface area contributed by atoms with Gasteiger partial charge in [0.05, 0.1) is 21.6 Å². The number of amides is 3. The molecule has 2 N–H and O–H groups in total. The van der Waals surface area contributed by atoms with Gasteiger partial charge in [-0.2, -0.15) is 5.01 Å². The van der Waals surface area contributed by atoms with E-state index in [4.69, 9.17) is 44.9 Å². The smallest absolute Gasteiger partial charge is 0.338 e. The first-order valence-electron chi connectivity index (χ1n) is 12.5. The van der Waals surface area contributed by atoms with Gasteiger partial charge in [0.15, 0.2) is 15.8 Å². The standard InChI is InChI=1S/C30H23Cl2N3O4S2/c1-2-38-26-14-18(8-12-25(26)39-17-19-7-9-20-5-3-4-6-21(20)13-19)15-27-28(36)35(30(40)41-27)34-29(37)33-22-10-11-23(31)24(32)16-22/h3-16H,2,17H2,1H3,(H2,33,34,37)/b27-15+. The Morgan fingerprint density at radius 1 is 0.951 bits per heavy atom. The summed E-state index contributed by atoms with van der Waals surface area (Å²) in [4.78, 5) is 25.9. The minimum Gasteiger partial charge on any atom is -0.490 e. The van der Waals surface area contributed by atoms with Crippen LogP contribution in [-0.4, -0.2) is 27.9 Å². The molecule has 4 aromatic carbocycles. The number of carbonyl (C=O) groups excluding carboxylic acids is 2. The van der Waals surface area contributed by atoms with E-state index in [1.807, 2.05) is 37.3 Å². The van der Waals surface area contributed by atoms with Crippen molar-refractivity contribution in [1.29, 1.82) is 0 Å². The normalized spacial score (nSPS) is 14.0. The summed E-state index contributed by atoms with van der Waals surface area (Å²) in [6.07, 6.45) is 1.69. The van der Waals surface area contributed by atoms with Gasteiger partial charge in [0.2, 0.25) is 0 Å². The molecule has 1 aliphatic heterocycles. The van der Waals surface area contributed by atoms with Gasteiger partial charge in [-0.25, -0.2) is 10.2 Å². The third-order valence-corrected chi connectivity index (χ3v) is 8.00. The van der Waals surface area contributed by atoms with Gasteiger partial charge in [-0.1, -0.05) is 77.4 Å². The number of nitrogens with one attached hydrogen (secondary N) is 2. The molecular formula is C30H23Cl2N3O4S2. The van der Waals surface area contributed by atoms with Gasteiger partial charge < -0.3 is 14.8 Å². The van der Waals surface area contributed by atoms with Crippen molar-refractivity contribution in [3.63, 3.8) is 0 Å². The number of hydrazine groups is 1. The first kappa shape index (κ1) is 28.8. The summed E-state index contributed by atoms with van der Waals surface area (Å²) in [6, 6.07) is 23.8. The summed E-state index contributed by atoms with van der Waals surface area (Å²) in [5, 5.41) is 6.57. The molecule has 0 atom stereocenters. The lowest BCUT2D eigenvalue weighted by atomic mass is 10.1. The van der Waals surface area contributed by atoms with Crippen LogP contribution in [0.15, 0.2) is 83.8 Å². The van der Waals surface area contributed by atoms with Crippen LogP contribution in [0.2, 0.25) is 10.0 Å². The summed E-state index contributed by atoms with van der Waals surface area (Å²) in [7, 11) is 0. The minimum atomic E-state index is -0.660. The molecule has 5 rings (SSSR count). The fraction of sp³-hybridized carbons (Fsp3) is 0.100. The molecule has 11 heteroatoms. The molecule has 4 aromatic rings. The minimum absolute atomic E-state index is 0.186. The van der Waals surface area contributed by atoms with Crippen LogP contribution in [0.25, 0.3) is 16.8 Å². The van der Waals surface area contributed by atoms with Crippen LogP contribution in [0.3, 0.4) is 0 Å². The molecule has 0 aromatic heterocycles. The fourth-order valence-electron chi connectivity index (χ4n) is 4.04. The summed E-state index contributed by atoms with van der Waals surface area (Å²) in [5.74, 6) is 0.681. The SMILES string of the molecule is CCOc1cc(/C=C2/SC(=S)N(NC(=O)Nc3ccc(Cl)c(Cl)c3)C2=O)ccc1OCc1ccc2ccccc2c1. The molecule has 1 heterocycles. The van der Waals surface area contributed by atoms with Gasteiger partial charge in [-0.3, -0.25) is 4.79 Å². The summed E-state index contributed by atoms with van der Waals surface area (Å²) in [5.41, 5.74) is 4.63. The average molecular weight is 625 g/mol. The van der Waals surface area contributed by atoms with Gasteiger partial charge in [0.1, 0.15) is 6.61 Å². The molecule has 41 heavy (non-hydrogen) atoms. The van der Waals surface area contributed by atoms with Crippen LogP contribution in [0.1, 0.15) is 18.1 Å². The second kappa shape index (κ2) is 12.8. The number of hydrogen-bond donors (Lipinski definition) is 2. The fourth-order valence-corrected chi connectivity index (χ4v) is 5.52. The number of halogens is 2. The van der Waals surface area contributed by atoms with E-state index in [1.165, 1.54) is 11.5 Å². The van der Waals surface area contributed by atoms with Gasteiger partial charge >= 0.3 is 6.03 Å². The number of carbonyl (C=O) groups is 2. The van der Waals surface area contributed by atoms with E-state index in [9.17, 15) is 9.59 Å². The molecule has 1 fully saturated rings. The van der Waals surface area contributed by atoms with E-state index in [2.05, 4.69) is 35.0 Å². The Labute approximate surface area is 256 Å². The van der Waals surface area contributed by atoms with Gasteiger partial charge in [-0.05, 0) is 83.5 Å². The molecule has 3 amide bonds. The highest BCUT2D eigenvalue weighted by Gasteiger charge is 2.33. The maximum atomic E-state index is 13.0. The molecule has 0 radical (unpaired) electrons. The Kier molecular flexibility index (Phi) is 8.99. The predicted molar refractivity (Wildman–Crippen MR) is 170 cm³/mol. The van der Waals surface area contributed by atoms with Crippen molar-refractivity contribution in [2.24, 2.45) is 0 Å². The van der Waals surface area contributed by atoms with Crippen molar-refractivity contribution < 1.29 is 19.1 Å². The van der Waals surface area contributed by atoms with Crippen LogP contribution in [0.4, 0.5) is 10.5 Å².